The van der Waals surface area contributed by atoms with Crippen molar-refractivity contribution in [2.75, 3.05) is 18.4 Å². The number of nitrogens with one attached hydrogen (secondary N) is 1. The van der Waals surface area contributed by atoms with Gasteiger partial charge in [-0.3, -0.25) is 4.79 Å². The van der Waals surface area contributed by atoms with Crippen LogP contribution in [0.4, 0.5) is 5.69 Å². The van der Waals surface area contributed by atoms with E-state index in [2.05, 4.69) is 20.3 Å². The number of carbonyl (C=O) groups excluding carboxylic acids is 1. The molecule has 29 heavy (non-hydrogen) atoms. The first-order valence-corrected chi connectivity index (χ1v) is 10.9. The second-order valence-corrected chi connectivity index (χ2v) is 9.34. The maximum atomic E-state index is 13.1. The molecule has 0 atom stereocenters. The molecule has 3 aromatic rings. The van der Waals surface area contributed by atoms with Crippen molar-refractivity contribution in [2.24, 2.45) is 5.92 Å². The van der Waals surface area contributed by atoms with Gasteiger partial charge in [-0.2, -0.15) is 4.31 Å². The van der Waals surface area contributed by atoms with Crippen LogP contribution >= 0.6 is 0 Å². The lowest BCUT2D eigenvalue weighted by molar-refractivity contribution is -0.120. The summed E-state index contributed by atoms with van der Waals surface area (Å²) in [6.45, 7) is 4.51. The minimum Gasteiger partial charge on any atom is -0.326 e. The van der Waals surface area contributed by atoms with Crippen LogP contribution < -0.4 is 5.32 Å². The average molecular weight is 414 g/mol. The highest BCUT2D eigenvalue weighted by Gasteiger charge is 2.33. The fourth-order valence-corrected chi connectivity index (χ4v) is 5.38. The Labute approximate surface area is 168 Å². The average Bonchev–Trinajstić information content (AvgIpc) is 3.16. The molecule has 1 aromatic heterocycles. The van der Waals surface area contributed by atoms with Gasteiger partial charge < -0.3 is 5.32 Å². The van der Waals surface area contributed by atoms with Crippen molar-refractivity contribution in [3.63, 3.8) is 0 Å². The van der Waals surface area contributed by atoms with Crippen molar-refractivity contribution in [1.82, 2.24) is 14.6 Å². The molecule has 2 aromatic carbocycles. The summed E-state index contributed by atoms with van der Waals surface area (Å²) in [7, 11) is -3.74. The first kappa shape index (κ1) is 19.5. The number of hydrogen-bond acceptors (Lipinski definition) is 6. The summed E-state index contributed by atoms with van der Waals surface area (Å²) >= 11 is 0. The predicted molar refractivity (Wildman–Crippen MR) is 108 cm³/mol. The number of nitrogens with zero attached hydrogens (tertiary/aromatic N) is 3. The van der Waals surface area contributed by atoms with Crippen LogP contribution in [0, 0.1) is 19.8 Å². The molecule has 1 aliphatic rings. The molecule has 1 aliphatic heterocycles. The summed E-state index contributed by atoms with van der Waals surface area (Å²) < 4.78 is 32.2. The maximum absolute atomic E-state index is 13.1. The Hall–Kier alpha value is -2.78. The Balaban J connectivity index is 1.45. The molecule has 2 heterocycles. The van der Waals surface area contributed by atoms with Crippen LogP contribution in [0.2, 0.25) is 0 Å². The second-order valence-electron chi connectivity index (χ2n) is 7.43. The molecule has 0 saturated carbocycles. The van der Waals surface area contributed by atoms with Crippen molar-refractivity contribution >= 4 is 32.7 Å². The lowest BCUT2D eigenvalue weighted by Crippen LogP contribution is -2.41. The van der Waals surface area contributed by atoms with Gasteiger partial charge in [-0.1, -0.05) is 12.1 Å². The summed E-state index contributed by atoms with van der Waals surface area (Å²) in [5.74, 6) is -0.304. The SMILES string of the molecule is Cc1cc(C)cc(NC(=O)C2CCN(S(=O)(=O)c3cccc4nonc34)CC2)c1. The Bertz CT molecular complexity index is 1140. The van der Waals surface area contributed by atoms with E-state index in [1.54, 1.807) is 12.1 Å². The number of benzene rings is 2. The van der Waals surface area contributed by atoms with Crippen LogP contribution in [0.5, 0.6) is 0 Å². The molecule has 1 N–H and O–H groups in total. The highest BCUT2D eigenvalue weighted by molar-refractivity contribution is 7.89. The number of aryl methyl sites for hydroxylation is 2. The van der Waals surface area contributed by atoms with Crippen LogP contribution in [0.3, 0.4) is 0 Å². The molecule has 0 spiro atoms. The number of aromatic nitrogens is 2. The first-order valence-electron chi connectivity index (χ1n) is 9.45. The molecule has 8 nitrogen and oxygen atoms in total. The third-order valence-electron chi connectivity index (χ3n) is 5.18. The fraction of sp³-hybridized carbons (Fsp3) is 0.350. The summed E-state index contributed by atoms with van der Waals surface area (Å²) in [6.07, 6.45) is 0.922. The zero-order chi connectivity index (χ0) is 20.6. The van der Waals surface area contributed by atoms with E-state index >= 15 is 0 Å². The fourth-order valence-electron chi connectivity index (χ4n) is 3.78. The van der Waals surface area contributed by atoms with Gasteiger partial charge in [-0.15, -0.1) is 0 Å². The molecule has 1 fully saturated rings. The van der Waals surface area contributed by atoms with E-state index in [9.17, 15) is 13.2 Å². The summed E-state index contributed by atoms with van der Waals surface area (Å²) in [4.78, 5) is 12.7. The Morgan fingerprint density at radius 1 is 1.10 bits per heavy atom. The van der Waals surface area contributed by atoms with Gasteiger partial charge in [0.15, 0.2) is 5.52 Å². The molecule has 4 rings (SSSR count). The molecular weight excluding hydrogens is 392 g/mol. The predicted octanol–water partition coefficient (Wildman–Crippen LogP) is 2.88. The maximum Gasteiger partial charge on any atom is 0.245 e. The summed E-state index contributed by atoms with van der Waals surface area (Å²) in [5.41, 5.74) is 3.55. The molecule has 1 amide bonds. The number of hydrogen-bond donors (Lipinski definition) is 1. The number of rotatable bonds is 4. The third-order valence-corrected chi connectivity index (χ3v) is 7.11. The Kier molecular flexibility index (Phi) is 5.10. The van der Waals surface area contributed by atoms with Gasteiger partial charge in [-0.05, 0) is 72.4 Å². The van der Waals surface area contributed by atoms with Crippen LogP contribution in [-0.2, 0) is 14.8 Å². The van der Waals surface area contributed by atoms with Crippen LogP contribution in [0.1, 0.15) is 24.0 Å². The van der Waals surface area contributed by atoms with Gasteiger partial charge in [0.25, 0.3) is 0 Å². The number of anilines is 1. The number of piperidine rings is 1. The number of sulfonamides is 1. The Morgan fingerprint density at radius 3 is 2.48 bits per heavy atom. The molecule has 0 unspecified atom stereocenters. The van der Waals surface area contributed by atoms with Crippen molar-refractivity contribution in [2.45, 2.75) is 31.6 Å². The smallest absolute Gasteiger partial charge is 0.245 e. The van der Waals surface area contributed by atoms with E-state index < -0.39 is 10.0 Å². The standard InChI is InChI=1S/C20H22N4O4S/c1-13-10-14(2)12-16(11-13)21-20(25)15-6-8-24(9-7-15)29(26,27)18-5-3-4-17-19(18)23-28-22-17/h3-5,10-12,15H,6-9H2,1-2H3,(H,21,25). The van der Waals surface area contributed by atoms with Gasteiger partial charge in [0, 0.05) is 24.7 Å². The monoisotopic (exact) mass is 414 g/mol. The molecule has 0 aliphatic carbocycles. The van der Waals surface area contributed by atoms with Crippen molar-refractivity contribution in [1.29, 1.82) is 0 Å². The van der Waals surface area contributed by atoms with Gasteiger partial charge >= 0.3 is 0 Å². The molecule has 1 saturated heterocycles. The molecule has 152 valence electrons. The second kappa shape index (κ2) is 7.57. The van der Waals surface area contributed by atoms with Gasteiger partial charge in [-0.25, -0.2) is 13.0 Å². The lowest BCUT2D eigenvalue weighted by Gasteiger charge is -2.30. The van der Waals surface area contributed by atoms with Gasteiger partial charge in [0.1, 0.15) is 10.4 Å². The van der Waals surface area contributed by atoms with Gasteiger partial charge in [0.05, 0.1) is 0 Å². The minimum absolute atomic E-state index is 0.0742. The van der Waals surface area contributed by atoms with E-state index in [0.717, 1.165) is 16.8 Å². The van der Waals surface area contributed by atoms with Crippen LogP contribution in [0.25, 0.3) is 11.0 Å². The van der Waals surface area contributed by atoms with E-state index in [4.69, 9.17) is 0 Å². The molecule has 0 bridgehead atoms. The van der Waals surface area contributed by atoms with E-state index in [1.165, 1.54) is 10.4 Å². The van der Waals surface area contributed by atoms with Crippen molar-refractivity contribution in [3.05, 3.63) is 47.5 Å². The minimum atomic E-state index is -3.74. The summed E-state index contributed by atoms with van der Waals surface area (Å²) in [5, 5.41) is 10.4. The van der Waals surface area contributed by atoms with Crippen LogP contribution in [-0.4, -0.2) is 42.0 Å². The highest BCUT2D eigenvalue weighted by atomic mass is 32.2. The zero-order valence-electron chi connectivity index (χ0n) is 16.3. The zero-order valence-corrected chi connectivity index (χ0v) is 17.1. The quantitative estimate of drug-likeness (QED) is 0.704. The molecule has 0 radical (unpaired) electrons. The highest BCUT2D eigenvalue weighted by Crippen LogP contribution is 2.28. The third kappa shape index (κ3) is 3.88. The van der Waals surface area contributed by atoms with E-state index in [1.807, 2.05) is 32.0 Å². The number of carbonyl (C=O) groups is 1. The van der Waals surface area contributed by atoms with E-state index in [0.29, 0.717) is 18.4 Å². The van der Waals surface area contributed by atoms with E-state index in [-0.39, 0.29) is 35.3 Å². The summed E-state index contributed by atoms with van der Waals surface area (Å²) in [6, 6.07) is 10.7. The van der Waals surface area contributed by atoms with Crippen LogP contribution in [0.15, 0.2) is 45.9 Å². The van der Waals surface area contributed by atoms with Gasteiger partial charge in [0.2, 0.25) is 15.9 Å². The topological polar surface area (TPSA) is 105 Å². The first-order chi connectivity index (χ1) is 13.8. The Morgan fingerprint density at radius 2 is 1.79 bits per heavy atom. The number of fused-ring (bicyclic) bond motifs is 1. The molecule has 9 heteroatoms. The van der Waals surface area contributed by atoms with Crippen molar-refractivity contribution < 1.29 is 17.8 Å². The molecular formula is C20H22N4O4S. The normalized spacial score (nSPS) is 16.2. The number of amides is 1. The largest absolute Gasteiger partial charge is 0.326 e. The lowest BCUT2D eigenvalue weighted by atomic mass is 9.97. The van der Waals surface area contributed by atoms with Crippen molar-refractivity contribution in [3.8, 4) is 0 Å².